The van der Waals surface area contributed by atoms with Gasteiger partial charge in [0.05, 0.1) is 4.47 Å². The summed E-state index contributed by atoms with van der Waals surface area (Å²) in [6, 6.07) is 0. The third-order valence-corrected chi connectivity index (χ3v) is 1.81. The Labute approximate surface area is 90.5 Å². The predicted molar refractivity (Wildman–Crippen MR) is 56.9 cm³/mol. The molecule has 0 aromatic carbocycles. The molecule has 0 bridgehead atoms. The lowest BCUT2D eigenvalue weighted by Crippen LogP contribution is -2.26. The lowest BCUT2D eigenvalue weighted by atomic mass is 10.5. The molecular weight excluding hydrogens is 248 g/mol. The van der Waals surface area contributed by atoms with E-state index in [0.717, 1.165) is 4.47 Å². The molecule has 1 rings (SSSR count). The number of hydrogen-bond acceptors (Lipinski definition) is 4. The molecule has 1 heterocycles. The first kappa shape index (κ1) is 10.9. The van der Waals surface area contributed by atoms with Crippen LogP contribution in [0.25, 0.3) is 0 Å². The van der Waals surface area contributed by atoms with E-state index < -0.39 is 0 Å². The van der Waals surface area contributed by atoms with Crippen molar-refractivity contribution in [1.29, 1.82) is 0 Å². The number of nitrogens with zero attached hydrogens (tertiary/aromatic N) is 2. The maximum Gasteiger partial charge on any atom is 0.222 e. The minimum Gasteiger partial charge on any atom is -0.355 e. The van der Waals surface area contributed by atoms with Gasteiger partial charge in [0.1, 0.15) is 0 Å². The molecule has 5 nitrogen and oxygen atoms in total. The van der Waals surface area contributed by atoms with Gasteiger partial charge in [-0.2, -0.15) is 0 Å². The average Bonchev–Trinajstić information content (AvgIpc) is 2.15. The molecule has 0 fully saturated rings. The average molecular weight is 259 g/mol. The highest BCUT2D eigenvalue weighted by Gasteiger charge is 1.94. The van der Waals surface area contributed by atoms with Crippen molar-refractivity contribution in [3.05, 3.63) is 16.9 Å². The quantitative estimate of drug-likeness (QED) is 0.784. The molecule has 76 valence electrons. The number of halogens is 1. The van der Waals surface area contributed by atoms with Gasteiger partial charge in [-0.3, -0.25) is 4.79 Å². The molecule has 2 N–H and O–H groups in total. The van der Waals surface area contributed by atoms with E-state index in [0.29, 0.717) is 19.0 Å². The Morgan fingerprint density at radius 3 is 2.64 bits per heavy atom. The Kier molecular flexibility index (Phi) is 4.31. The molecule has 14 heavy (non-hydrogen) atoms. The fraction of sp³-hybridized carbons (Fsp3) is 0.375. The molecule has 0 aliphatic heterocycles. The van der Waals surface area contributed by atoms with Gasteiger partial charge < -0.3 is 10.6 Å². The van der Waals surface area contributed by atoms with Gasteiger partial charge in [-0.05, 0) is 15.9 Å². The molecule has 0 saturated heterocycles. The largest absolute Gasteiger partial charge is 0.355 e. The zero-order valence-corrected chi connectivity index (χ0v) is 9.34. The number of rotatable bonds is 4. The van der Waals surface area contributed by atoms with Crippen LogP contribution >= 0.6 is 15.9 Å². The van der Waals surface area contributed by atoms with Crippen molar-refractivity contribution in [3.63, 3.8) is 0 Å². The number of hydrogen-bond donors (Lipinski definition) is 2. The number of carbonyl (C=O) groups excluding carboxylic acids is 1. The van der Waals surface area contributed by atoms with E-state index in [4.69, 9.17) is 0 Å². The zero-order valence-electron chi connectivity index (χ0n) is 7.75. The van der Waals surface area contributed by atoms with E-state index in [1.807, 2.05) is 0 Å². The van der Waals surface area contributed by atoms with Crippen molar-refractivity contribution in [2.45, 2.75) is 6.92 Å². The third kappa shape index (κ3) is 4.18. The minimum absolute atomic E-state index is 0.0384. The minimum atomic E-state index is -0.0384. The number of nitrogens with one attached hydrogen (secondary N) is 2. The SMILES string of the molecule is CC(=O)NCCNc1ncc(Br)cn1. The van der Waals surface area contributed by atoms with Crippen molar-refractivity contribution in [2.24, 2.45) is 0 Å². The fourth-order valence-electron chi connectivity index (χ4n) is 0.816. The van der Waals surface area contributed by atoms with Crippen LogP contribution in [0.3, 0.4) is 0 Å². The molecule has 0 aliphatic carbocycles. The molecule has 0 saturated carbocycles. The van der Waals surface area contributed by atoms with Crippen LogP contribution in [0.15, 0.2) is 16.9 Å². The van der Waals surface area contributed by atoms with E-state index >= 15 is 0 Å². The summed E-state index contributed by atoms with van der Waals surface area (Å²) in [5.74, 6) is 0.516. The monoisotopic (exact) mass is 258 g/mol. The summed E-state index contributed by atoms with van der Waals surface area (Å²) in [6.07, 6.45) is 3.32. The molecule has 6 heteroatoms. The second-order valence-electron chi connectivity index (χ2n) is 2.63. The lowest BCUT2D eigenvalue weighted by molar-refractivity contribution is -0.118. The number of carbonyl (C=O) groups is 1. The maximum atomic E-state index is 10.5. The van der Waals surface area contributed by atoms with Crippen molar-refractivity contribution in [3.8, 4) is 0 Å². The summed E-state index contributed by atoms with van der Waals surface area (Å²) in [5.41, 5.74) is 0. The first-order valence-electron chi connectivity index (χ1n) is 4.14. The number of amides is 1. The Morgan fingerprint density at radius 1 is 1.43 bits per heavy atom. The fourth-order valence-corrected chi connectivity index (χ4v) is 1.02. The molecule has 0 aliphatic rings. The summed E-state index contributed by atoms with van der Waals surface area (Å²) >= 11 is 3.24. The Balaban J connectivity index is 2.25. The molecule has 0 atom stereocenters. The Hall–Kier alpha value is -1.17. The van der Waals surface area contributed by atoms with Crippen molar-refractivity contribution in [1.82, 2.24) is 15.3 Å². The summed E-state index contributed by atoms with van der Waals surface area (Å²) in [4.78, 5) is 18.5. The van der Waals surface area contributed by atoms with Crippen molar-refractivity contribution in [2.75, 3.05) is 18.4 Å². The van der Waals surface area contributed by atoms with Crippen LogP contribution in [0.4, 0.5) is 5.95 Å². The van der Waals surface area contributed by atoms with Gasteiger partial charge in [-0.25, -0.2) is 9.97 Å². The molecule has 1 aromatic rings. The van der Waals surface area contributed by atoms with Gasteiger partial charge in [-0.1, -0.05) is 0 Å². The number of anilines is 1. The highest BCUT2D eigenvalue weighted by atomic mass is 79.9. The van der Waals surface area contributed by atoms with Crippen LogP contribution < -0.4 is 10.6 Å². The summed E-state index contributed by atoms with van der Waals surface area (Å²) < 4.78 is 0.838. The van der Waals surface area contributed by atoms with Crippen molar-refractivity contribution < 1.29 is 4.79 Å². The lowest BCUT2D eigenvalue weighted by Gasteiger charge is -2.04. The van der Waals surface area contributed by atoms with Crippen LogP contribution in [0.1, 0.15) is 6.92 Å². The standard InChI is InChI=1S/C8H11BrN4O/c1-6(14)10-2-3-11-8-12-4-7(9)5-13-8/h4-5H,2-3H2,1H3,(H,10,14)(H,11,12,13). The second kappa shape index (κ2) is 5.54. The summed E-state index contributed by atoms with van der Waals surface area (Å²) in [5, 5.41) is 5.63. The van der Waals surface area contributed by atoms with E-state index in [-0.39, 0.29) is 5.91 Å². The van der Waals surface area contributed by atoms with Gasteiger partial charge in [-0.15, -0.1) is 0 Å². The zero-order chi connectivity index (χ0) is 10.4. The first-order valence-corrected chi connectivity index (χ1v) is 4.93. The van der Waals surface area contributed by atoms with Crippen LogP contribution in [0.2, 0.25) is 0 Å². The van der Waals surface area contributed by atoms with E-state index in [1.54, 1.807) is 12.4 Å². The first-order chi connectivity index (χ1) is 6.68. The molecule has 1 aromatic heterocycles. The molecular formula is C8H11BrN4O. The van der Waals surface area contributed by atoms with Gasteiger partial charge in [0.2, 0.25) is 11.9 Å². The Morgan fingerprint density at radius 2 is 2.07 bits per heavy atom. The summed E-state index contributed by atoms with van der Waals surface area (Å²) in [6.45, 7) is 2.66. The highest BCUT2D eigenvalue weighted by molar-refractivity contribution is 9.10. The van der Waals surface area contributed by atoms with Crippen LogP contribution in [0, 0.1) is 0 Å². The smallest absolute Gasteiger partial charge is 0.222 e. The van der Waals surface area contributed by atoms with E-state index in [9.17, 15) is 4.79 Å². The molecule has 0 spiro atoms. The van der Waals surface area contributed by atoms with Crippen LogP contribution in [-0.2, 0) is 4.79 Å². The van der Waals surface area contributed by atoms with E-state index in [2.05, 4.69) is 36.5 Å². The van der Waals surface area contributed by atoms with Crippen molar-refractivity contribution >= 4 is 27.8 Å². The molecule has 0 unspecified atom stereocenters. The predicted octanol–water partition coefficient (Wildman–Crippen LogP) is 0.787. The topological polar surface area (TPSA) is 66.9 Å². The Bertz CT molecular complexity index is 301. The number of aromatic nitrogens is 2. The van der Waals surface area contributed by atoms with Gasteiger partial charge in [0, 0.05) is 32.4 Å². The van der Waals surface area contributed by atoms with Crippen LogP contribution in [-0.4, -0.2) is 29.0 Å². The maximum absolute atomic E-state index is 10.5. The second-order valence-corrected chi connectivity index (χ2v) is 3.55. The van der Waals surface area contributed by atoms with E-state index in [1.165, 1.54) is 6.92 Å². The highest BCUT2D eigenvalue weighted by Crippen LogP contribution is 2.05. The normalized spacial score (nSPS) is 9.57. The summed E-state index contributed by atoms with van der Waals surface area (Å²) in [7, 11) is 0. The van der Waals surface area contributed by atoms with Gasteiger partial charge in [0.15, 0.2) is 0 Å². The van der Waals surface area contributed by atoms with Gasteiger partial charge >= 0.3 is 0 Å². The van der Waals surface area contributed by atoms with Crippen LogP contribution in [0.5, 0.6) is 0 Å². The molecule has 1 amide bonds. The molecule has 0 radical (unpaired) electrons. The third-order valence-electron chi connectivity index (χ3n) is 1.40. The van der Waals surface area contributed by atoms with Gasteiger partial charge in [0.25, 0.3) is 0 Å².